The van der Waals surface area contributed by atoms with E-state index in [1.54, 1.807) is 33.5 Å². The number of allylic oxidation sites excluding steroid dienone is 2. The lowest BCUT2D eigenvalue weighted by Gasteiger charge is -2.37. The molecule has 1 saturated heterocycles. The first-order valence-corrected chi connectivity index (χ1v) is 10.1. The molecule has 0 unspecified atom stereocenters. The molecule has 152 valence electrons. The van der Waals surface area contributed by atoms with E-state index in [2.05, 4.69) is 17.1 Å². The average molecular weight is 386 g/mol. The van der Waals surface area contributed by atoms with Crippen molar-refractivity contribution in [1.29, 1.82) is 0 Å². The molecule has 6 heteroatoms. The summed E-state index contributed by atoms with van der Waals surface area (Å²) < 4.78 is 16.1. The molecule has 2 fully saturated rings. The molecule has 1 aromatic rings. The van der Waals surface area contributed by atoms with Crippen LogP contribution in [0.2, 0.25) is 0 Å². The normalized spacial score (nSPS) is 26.5. The molecular formula is C22H30N2O4. The topological polar surface area (TPSA) is 51.2 Å². The van der Waals surface area contributed by atoms with Crippen LogP contribution in [0.25, 0.3) is 0 Å². The summed E-state index contributed by atoms with van der Waals surface area (Å²) in [7, 11) is 4.69. The monoisotopic (exact) mass is 386 g/mol. The van der Waals surface area contributed by atoms with Crippen molar-refractivity contribution in [3.8, 4) is 17.2 Å². The van der Waals surface area contributed by atoms with E-state index in [9.17, 15) is 4.79 Å². The van der Waals surface area contributed by atoms with Crippen LogP contribution >= 0.6 is 0 Å². The maximum Gasteiger partial charge on any atom is 0.254 e. The maximum atomic E-state index is 13.0. The third kappa shape index (κ3) is 3.58. The number of hydrogen-bond acceptors (Lipinski definition) is 5. The highest BCUT2D eigenvalue weighted by Gasteiger charge is 2.37. The van der Waals surface area contributed by atoms with Crippen molar-refractivity contribution in [2.24, 2.45) is 17.8 Å². The molecule has 4 rings (SSSR count). The van der Waals surface area contributed by atoms with Gasteiger partial charge in [0, 0.05) is 38.3 Å². The number of benzene rings is 1. The van der Waals surface area contributed by atoms with Crippen molar-refractivity contribution in [3.63, 3.8) is 0 Å². The molecule has 0 spiro atoms. The van der Waals surface area contributed by atoms with Gasteiger partial charge in [0.05, 0.1) is 21.3 Å². The molecule has 2 bridgehead atoms. The van der Waals surface area contributed by atoms with Crippen LogP contribution < -0.4 is 14.2 Å². The molecule has 1 aliphatic heterocycles. The molecule has 1 heterocycles. The van der Waals surface area contributed by atoms with Gasteiger partial charge in [0.15, 0.2) is 11.5 Å². The van der Waals surface area contributed by atoms with E-state index in [1.165, 1.54) is 12.8 Å². The lowest BCUT2D eigenvalue weighted by Crippen LogP contribution is -2.50. The van der Waals surface area contributed by atoms with Crippen LogP contribution in [-0.2, 0) is 0 Å². The van der Waals surface area contributed by atoms with E-state index >= 15 is 0 Å². The zero-order chi connectivity index (χ0) is 19.7. The van der Waals surface area contributed by atoms with Gasteiger partial charge >= 0.3 is 0 Å². The van der Waals surface area contributed by atoms with Gasteiger partial charge in [-0.05, 0) is 42.7 Å². The number of methoxy groups -OCH3 is 3. The minimum Gasteiger partial charge on any atom is -0.493 e. The Morgan fingerprint density at radius 1 is 0.964 bits per heavy atom. The van der Waals surface area contributed by atoms with E-state index in [1.807, 2.05) is 4.90 Å². The van der Waals surface area contributed by atoms with Gasteiger partial charge in [-0.2, -0.15) is 0 Å². The summed E-state index contributed by atoms with van der Waals surface area (Å²) in [5.74, 6) is 3.93. The second-order valence-corrected chi connectivity index (χ2v) is 8.05. The number of ether oxygens (including phenoxy) is 3. The smallest absolute Gasteiger partial charge is 0.254 e. The van der Waals surface area contributed by atoms with E-state index < -0.39 is 0 Å². The highest BCUT2D eigenvalue weighted by molar-refractivity contribution is 5.95. The Hall–Kier alpha value is -2.21. The quantitative estimate of drug-likeness (QED) is 0.704. The predicted molar refractivity (Wildman–Crippen MR) is 107 cm³/mol. The minimum absolute atomic E-state index is 0.0155. The van der Waals surface area contributed by atoms with E-state index in [4.69, 9.17) is 14.2 Å². The standard InChI is InChI=1S/C22H30N2O4/c1-26-19-12-17(13-20(27-2)21(19)28-3)22(25)24-8-6-23(7-9-24)14-18-11-15-4-5-16(18)10-15/h4-5,12-13,15-16,18H,6-11,14H2,1-3H3/t15-,16+,18+/m1/s1. The minimum atomic E-state index is 0.0155. The Bertz CT molecular complexity index is 730. The van der Waals surface area contributed by atoms with Gasteiger partial charge < -0.3 is 19.1 Å². The van der Waals surface area contributed by atoms with Crippen LogP contribution in [0.1, 0.15) is 23.2 Å². The summed E-state index contributed by atoms with van der Waals surface area (Å²) >= 11 is 0. The Balaban J connectivity index is 1.38. The average Bonchev–Trinajstić information content (AvgIpc) is 3.36. The van der Waals surface area contributed by atoms with Crippen LogP contribution in [0.3, 0.4) is 0 Å². The Kier molecular flexibility index (Phi) is 5.49. The first-order chi connectivity index (χ1) is 13.6. The summed E-state index contributed by atoms with van der Waals surface area (Å²) in [6.45, 7) is 4.55. The summed E-state index contributed by atoms with van der Waals surface area (Å²) in [6.07, 6.45) is 7.51. The lowest BCUT2D eigenvalue weighted by molar-refractivity contribution is 0.0609. The van der Waals surface area contributed by atoms with Crippen LogP contribution in [0, 0.1) is 17.8 Å². The highest BCUT2D eigenvalue weighted by Crippen LogP contribution is 2.43. The highest BCUT2D eigenvalue weighted by atomic mass is 16.5. The molecule has 2 aliphatic carbocycles. The third-order valence-electron chi connectivity index (χ3n) is 6.48. The zero-order valence-corrected chi connectivity index (χ0v) is 17.0. The van der Waals surface area contributed by atoms with Gasteiger partial charge in [0.1, 0.15) is 0 Å². The summed E-state index contributed by atoms with van der Waals surface area (Å²) in [6, 6.07) is 3.47. The molecule has 28 heavy (non-hydrogen) atoms. The molecule has 3 atom stereocenters. The number of nitrogens with zero attached hydrogens (tertiary/aromatic N) is 2. The number of amides is 1. The van der Waals surface area contributed by atoms with Gasteiger partial charge in [-0.1, -0.05) is 12.2 Å². The second kappa shape index (κ2) is 8.03. The van der Waals surface area contributed by atoms with E-state index in [0.29, 0.717) is 22.8 Å². The van der Waals surface area contributed by atoms with Crippen LogP contribution in [0.15, 0.2) is 24.3 Å². The number of rotatable bonds is 6. The maximum absolute atomic E-state index is 13.0. The number of fused-ring (bicyclic) bond motifs is 2. The zero-order valence-electron chi connectivity index (χ0n) is 17.0. The lowest BCUT2D eigenvalue weighted by atomic mass is 9.93. The van der Waals surface area contributed by atoms with Crippen molar-refractivity contribution >= 4 is 5.91 Å². The molecule has 1 aromatic carbocycles. The van der Waals surface area contributed by atoms with E-state index in [-0.39, 0.29) is 5.91 Å². The second-order valence-electron chi connectivity index (χ2n) is 8.05. The molecule has 0 radical (unpaired) electrons. The first-order valence-electron chi connectivity index (χ1n) is 10.1. The van der Waals surface area contributed by atoms with Gasteiger partial charge in [0.2, 0.25) is 5.75 Å². The predicted octanol–water partition coefficient (Wildman–Crippen LogP) is 2.68. The number of hydrogen-bond donors (Lipinski definition) is 0. The largest absolute Gasteiger partial charge is 0.493 e. The Morgan fingerprint density at radius 2 is 1.64 bits per heavy atom. The first kappa shape index (κ1) is 19.1. The molecular weight excluding hydrogens is 356 g/mol. The Labute approximate surface area is 167 Å². The van der Waals surface area contributed by atoms with Crippen molar-refractivity contribution in [2.75, 3.05) is 54.1 Å². The molecule has 3 aliphatic rings. The van der Waals surface area contributed by atoms with Gasteiger partial charge in [-0.3, -0.25) is 9.69 Å². The third-order valence-corrected chi connectivity index (χ3v) is 6.48. The van der Waals surface area contributed by atoms with Gasteiger partial charge in [0.25, 0.3) is 5.91 Å². The molecule has 6 nitrogen and oxygen atoms in total. The molecule has 0 aromatic heterocycles. The number of carbonyl (C=O) groups is 1. The van der Waals surface area contributed by atoms with Crippen molar-refractivity contribution in [1.82, 2.24) is 9.80 Å². The van der Waals surface area contributed by atoms with Gasteiger partial charge in [-0.15, -0.1) is 0 Å². The number of carbonyl (C=O) groups excluding carboxylic acids is 1. The van der Waals surface area contributed by atoms with Crippen molar-refractivity contribution in [2.45, 2.75) is 12.8 Å². The van der Waals surface area contributed by atoms with Gasteiger partial charge in [-0.25, -0.2) is 0 Å². The molecule has 0 N–H and O–H groups in total. The number of piperazine rings is 1. The SMILES string of the molecule is COc1cc(C(=O)N2CCN(C[C@@H]3C[C@@H]4C=C[C@H]3C4)CC2)cc(OC)c1OC. The fraction of sp³-hybridized carbons (Fsp3) is 0.591. The fourth-order valence-electron chi connectivity index (χ4n) is 4.96. The molecule has 1 amide bonds. The summed E-state index contributed by atoms with van der Waals surface area (Å²) in [5.41, 5.74) is 0.571. The van der Waals surface area contributed by atoms with E-state index in [0.717, 1.165) is 50.5 Å². The summed E-state index contributed by atoms with van der Waals surface area (Å²) in [5, 5.41) is 0. The fourth-order valence-corrected chi connectivity index (χ4v) is 4.96. The van der Waals surface area contributed by atoms with Crippen molar-refractivity contribution < 1.29 is 19.0 Å². The van der Waals surface area contributed by atoms with Crippen molar-refractivity contribution in [3.05, 3.63) is 29.8 Å². The van der Waals surface area contributed by atoms with Crippen LogP contribution in [0.4, 0.5) is 0 Å². The summed E-state index contributed by atoms with van der Waals surface area (Å²) in [4.78, 5) is 17.5. The van der Waals surface area contributed by atoms with Crippen LogP contribution in [0.5, 0.6) is 17.2 Å². The van der Waals surface area contributed by atoms with Crippen LogP contribution in [-0.4, -0.2) is 69.8 Å². The Morgan fingerprint density at radius 3 is 2.14 bits per heavy atom. The molecule has 1 saturated carbocycles.